The summed E-state index contributed by atoms with van der Waals surface area (Å²) in [7, 11) is -4.16. The molecule has 0 fully saturated rings. The lowest BCUT2D eigenvalue weighted by molar-refractivity contribution is -0.385. The molecule has 2 aromatic rings. The van der Waals surface area contributed by atoms with Gasteiger partial charge in [-0.25, -0.2) is 4.79 Å². The van der Waals surface area contributed by atoms with E-state index in [1.165, 1.54) is 36.4 Å². The summed E-state index contributed by atoms with van der Waals surface area (Å²) in [5.74, 6) is -0.247. The maximum atomic E-state index is 12.2. The molecule has 0 bridgehead atoms. The summed E-state index contributed by atoms with van der Waals surface area (Å²) in [6.07, 6.45) is -1.45. The summed E-state index contributed by atoms with van der Waals surface area (Å²) < 4.78 is 29.4. The minimum absolute atomic E-state index is 0.0638. The van der Waals surface area contributed by atoms with Gasteiger partial charge in [-0.2, -0.15) is 8.42 Å². The number of rotatable bonds is 7. The summed E-state index contributed by atoms with van der Waals surface area (Å²) in [6.45, 7) is -0.200. The highest BCUT2D eigenvalue weighted by Crippen LogP contribution is 2.27. The van der Waals surface area contributed by atoms with E-state index in [9.17, 15) is 23.3 Å². The van der Waals surface area contributed by atoms with Gasteiger partial charge in [-0.05, 0) is 42.9 Å². The van der Waals surface area contributed by atoms with Crippen LogP contribution in [0.2, 0.25) is 0 Å². The van der Waals surface area contributed by atoms with Crippen molar-refractivity contribution in [3.63, 3.8) is 0 Å². The first-order valence-electron chi connectivity index (χ1n) is 7.68. The van der Waals surface area contributed by atoms with Crippen molar-refractivity contribution in [2.75, 3.05) is 6.54 Å². The summed E-state index contributed by atoms with van der Waals surface area (Å²) in [5, 5.41) is 20.0. The molecular weight excluding hydrogens is 410 g/mol. The van der Waals surface area contributed by atoms with Crippen LogP contribution < -0.4 is 9.92 Å². The summed E-state index contributed by atoms with van der Waals surface area (Å²) in [4.78, 5) is 22.3. The third-order valence-electron chi connectivity index (χ3n) is 3.59. The molecule has 28 heavy (non-hydrogen) atoms. The first-order valence-corrected chi connectivity index (χ1v) is 9.50. The second-order valence-electron chi connectivity index (χ2n) is 5.42. The SMILES string of the molecule is NC(=S)N(CCc1ccc(OS(=O)(=O)c2ccccc2)cc1[N+](=O)[O-])C(=O)O. The lowest BCUT2D eigenvalue weighted by Crippen LogP contribution is -2.40. The average Bonchev–Trinajstić information content (AvgIpc) is 2.62. The summed E-state index contributed by atoms with van der Waals surface area (Å²) >= 11 is 4.62. The van der Waals surface area contributed by atoms with Crippen LogP contribution in [0.4, 0.5) is 10.5 Å². The quantitative estimate of drug-likeness (QED) is 0.294. The smallest absolute Gasteiger partial charge is 0.413 e. The van der Waals surface area contributed by atoms with Crippen molar-refractivity contribution in [3.8, 4) is 5.75 Å². The van der Waals surface area contributed by atoms with Crippen LogP contribution in [0.15, 0.2) is 53.4 Å². The van der Waals surface area contributed by atoms with E-state index in [1.54, 1.807) is 6.07 Å². The number of benzene rings is 2. The molecule has 148 valence electrons. The minimum atomic E-state index is -4.16. The number of carboxylic acid groups (broad SMARTS) is 1. The predicted molar refractivity (Wildman–Crippen MR) is 103 cm³/mol. The molecule has 12 heteroatoms. The molecule has 0 saturated heterocycles. The zero-order valence-corrected chi connectivity index (χ0v) is 15.9. The third-order valence-corrected chi connectivity index (χ3v) is 5.07. The summed E-state index contributed by atoms with van der Waals surface area (Å²) in [5.41, 5.74) is 5.05. The van der Waals surface area contributed by atoms with E-state index in [1.807, 2.05) is 0 Å². The fraction of sp³-hybridized carbons (Fsp3) is 0.125. The first-order chi connectivity index (χ1) is 13.1. The molecular formula is C16H15N3O7S2. The number of amides is 1. The number of thiocarbonyl (C=S) groups is 1. The van der Waals surface area contributed by atoms with Crippen LogP contribution in [0.1, 0.15) is 5.56 Å². The summed E-state index contributed by atoms with van der Waals surface area (Å²) in [6, 6.07) is 10.8. The van der Waals surface area contributed by atoms with Crippen LogP contribution in [-0.2, 0) is 16.5 Å². The van der Waals surface area contributed by atoms with Gasteiger partial charge in [0.2, 0.25) is 0 Å². The van der Waals surface area contributed by atoms with Crippen LogP contribution in [0.5, 0.6) is 5.75 Å². The zero-order chi connectivity index (χ0) is 20.9. The topological polar surface area (TPSA) is 153 Å². The highest BCUT2D eigenvalue weighted by Gasteiger charge is 2.22. The number of nitrogens with two attached hydrogens (primary N) is 1. The van der Waals surface area contributed by atoms with E-state index >= 15 is 0 Å². The molecule has 0 aliphatic rings. The molecule has 0 atom stereocenters. The Morgan fingerprint density at radius 1 is 1.25 bits per heavy atom. The van der Waals surface area contributed by atoms with Crippen molar-refractivity contribution in [2.45, 2.75) is 11.3 Å². The molecule has 0 aliphatic carbocycles. The van der Waals surface area contributed by atoms with Crippen LogP contribution in [-0.4, -0.2) is 41.1 Å². The molecule has 0 radical (unpaired) electrons. The largest absolute Gasteiger partial charge is 0.465 e. The van der Waals surface area contributed by atoms with Crippen molar-refractivity contribution >= 4 is 39.2 Å². The second-order valence-corrected chi connectivity index (χ2v) is 7.39. The average molecular weight is 425 g/mol. The van der Waals surface area contributed by atoms with Gasteiger partial charge in [0.1, 0.15) is 10.6 Å². The Labute approximate surface area is 165 Å². The molecule has 0 spiro atoms. The molecule has 3 N–H and O–H groups in total. The van der Waals surface area contributed by atoms with Crippen LogP contribution >= 0.6 is 12.2 Å². The third kappa shape index (κ3) is 5.14. The van der Waals surface area contributed by atoms with E-state index < -0.39 is 26.8 Å². The number of nitrogens with zero attached hydrogens (tertiary/aromatic N) is 2. The van der Waals surface area contributed by atoms with Crippen molar-refractivity contribution < 1.29 is 27.4 Å². The number of nitro benzene ring substituents is 1. The number of hydrogen-bond donors (Lipinski definition) is 2. The molecule has 2 aromatic carbocycles. The predicted octanol–water partition coefficient (Wildman–Crippen LogP) is 2.13. The lowest BCUT2D eigenvalue weighted by Gasteiger charge is -2.16. The Morgan fingerprint density at radius 3 is 2.43 bits per heavy atom. The van der Waals surface area contributed by atoms with Gasteiger partial charge in [-0.3, -0.25) is 15.0 Å². The van der Waals surface area contributed by atoms with Gasteiger partial charge in [0, 0.05) is 12.1 Å². The highest BCUT2D eigenvalue weighted by molar-refractivity contribution is 7.87. The number of nitro groups is 1. The van der Waals surface area contributed by atoms with Gasteiger partial charge in [0.25, 0.3) is 5.69 Å². The van der Waals surface area contributed by atoms with E-state index in [2.05, 4.69) is 12.2 Å². The molecule has 1 amide bonds. The highest BCUT2D eigenvalue weighted by atomic mass is 32.2. The Morgan fingerprint density at radius 2 is 1.89 bits per heavy atom. The van der Waals surface area contributed by atoms with E-state index in [4.69, 9.17) is 15.0 Å². The Balaban J connectivity index is 2.27. The van der Waals surface area contributed by atoms with Gasteiger partial charge in [0.05, 0.1) is 11.0 Å². The van der Waals surface area contributed by atoms with Crippen LogP contribution in [0.3, 0.4) is 0 Å². The molecule has 0 aliphatic heterocycles. The Kier molecular flexibility index (Phi) is 6.49. The Hall–Kier alpha value is -3.25. The van der Waals surface area contributed by atoms with E-state index in [0.717, 1.165) is 6.07 Å². The fourth-order valence-corrected chi connectivity index (χ4v) is 3.38. The standard InChI is InChI=1S/C16H15N3O7S2/c17-15(27)18(16(20)21)9-8-11-6-7-12(10-14(11)19(22)23)26-28(24,25)13-4-2-1-3-5-13/h1-7,10H,8-9H2,(H2,17,27)(H,20,21). The maximum absolute atomic E-state index is 12.2. The number of carbonyl (C=O) groups is 1. The van der Waals surface area contributed by atoms with Crippen molar-refractivity contribution in [2.24, 2.45) is 5.73 Å². The van der Waals surface area contributed by atoms with Crippen molar-refractivity contribution in [1.29, 1.82) is 0 Å². The van der Waals surface area contributed by atoms with E-state index in [-0.39, 0.29) is 34.3 Å². The Bertz CT molecular complexity index is 996. The molecule has 10 nitrogen and oxygen atoms in total. The number of hydrogen-bond acceptors (Lipinski definition) is 7. The normalized spacial score (nSPS) is 10.9. The van der Waals surface area contributed by atoms with E-state index in [0.29, 0.717) is 4.90 Å². The first kappa shape index (κ1) is 21.1. The molecule has 0 unspecified atom stereocenters. The van der Waals surface area contributed by atoms with Gasteiger partial charge in [-0.1, -0.05) is 18.2 Å². The van der Waals surface area contributed by atoms with Crippen molar-refractivity contribution in [3.05, 3.63) is 64.2 Å². The van der Waals surface area contributed by atoms with Crippen LogP contribution in [0.25, 0.3) is 0 Å². The van der Waals surface area contributed by atoms with Gasteiger partial charge < -0.3 is 15.0 Å². The van der Waals surface area contributed by atoms with Gasteiger partial charge >= 0.3 is 16.2 Å². The maximum Gasteiger partial charge on any atom is 0.413 e. The van der Waals surface area contributed by atoms with Crippen molar-refractivity contribution in [1.82, 2.24) is 4.90 Å². The monoisotopic (exact) mass is 425 g/mol. The fourth-order valence-electron chi connectivity index (χ4n) is 2.27. The zero-order valence-electron chi connectivity index (χ0n) is 14.2. The lowest BCUT2D eigenvalue weighted by atomic mass is 10.1. The minimum Gasteiger partial charge on any atom is -0.465 e. The molecule has 0 aromatic heterocycles. The molecule has 0 heterocycles. The van der Waals surface area contributed by atoms with Crippen LogP contribution in [0, 0.1) is 10.1 Å². The molecule has 0 saturated carbocycles. The van der Waals surface area contributed by atoms with Gasteiger partial charge in [0.15, 0.2) is 5.11 Å². The second kappa shape index (κ2) is 8.63. The molecule has 2 rings (SSSR count). The van der Waals surface area contributed by atoms with Gasteiger partial charge in [-0.15, -0.1) is 0 Å².